The highest BCUT2D eigenvalue weighted by molar-refractivity contribution is 8.18. The first-order valence-corrected chi connectivity index (χ1v) is 8.34. The van der Waals surface area contributed by atoms with Crippen LogP contribution in [0.2, 0.25) is 0 Å². The van der Waals surface area contributed by atoms with Crippen LogP contribution in [0.1, 0.15) is 11.5 Å². The van der Waals surface area contributed by atoms with Crippen molar-refractivity contribution in [3.05, 3.63) is 71.0 Å². The second-order valence-electron chi connectivity index (χ2n) is 5.46. The third-order valence-electron chi connectivity index (χ3n) is 3.65. The van der Waals surface area contributed by atoms with Gasteiger partial charge in [-0.3, -0.25) is 4.79 Å². The molecule has 0 radical (unpaired) electrons. The molecule has 1 fully saturated rings. The zero-order valence-corrected chi connectivity index (χ0v) is 13.8. The molecule has 3 aromatic rings. The minimum atomic E-state index is -0.159. The van der Waals surface area contributed by atoms with Gasteiger partial charge in [0.05, 0.1) is 10.6 Å². The number of benzene rings is 2. The summed E-state index contributed by atoms with van der Waals surface area (Å²) in [6.07, 6.45) is 1.73. The molecule has 1 amide bonds. The van der Waals surface area contributed by atoms with E-state index in [4.69, 9.17) is 4.42 Å². The zero-order chi connectivity index (χ0) is 16.5. The number of amidine groups is 1. The van der Waals surface area contributed by atoms with Gasteiger partial charge in [-0.15, -0.1) is 0 Å². The van der Waals surface area contributed by atoms with Crippen molar-refractivity contribution in [2.75, 3.05) is 0 Å². The number of thioether (sulfide) groups is 1. The molecule has 1 aromatic heterocycles. The summed E-state index contributed by atoms with van der Waals surface area (Å²) in [5.41, 5.74) is 0.812. The quantitative estimate of drug-likeness (QED) is 0.695. The van der Waals surface area contributed by atoms with E-state index in [0.29, 0.717) is 15.8 Å². The molecular weight excluding hydrogens is 320 g/mol. The summed E-state index contributed by atoms with van der Waals surface area (Å²) < 4.78 is 5.49. The third kappa shape index (κ3) is 2.98. The molecule has 2 aromatic carbocycles. The number of amides is 1. The van der Waals surface area contributed by atoms with Crippen molar-refractivity contribution in [2.24, 2.45) is 4.99 Å². The van der Waals surface area contributed by atoms with Crippen LogP contribution in [-0.4, -0.2) is 11.1 Å². The maximum atomic E-state index is 12.1. The molecular formula is C19H14N2O2S. The van der Waals surface area contributed by atoms with Gasteiger partial charge in [-0.2, -0.15) is 0 Å². The maximum absolute atomic E-state index is 12.1. The van der Waals surface area contributed by atoms with Crippen molar-refractivity contribution in [1.82, 2.24) is 5.32 Å². The Bertz CT molecular complexity index is 1000. The molecule has 2 heterocycles. The fourth-order valence-corrected chi connectivity index (χ4v) is 3.33. The second kappa shape index (κ2) is 6.02. The van der Waals surface area contributed by atoms with E-state index >= 15 is 0 Å². The van der Waals surface area contributed by atoms with Gasteiger partial charge in [0.15, 0.2) is 5.17 Å². The summed E-state index contributed by atoms with van der Waals surface area (Å²) in [6.45, 7) is 1.87. The topological polar surface area (TPSA) is 54.6 Å². The maximum Gasteiger partial charge on any atom is 0.264 e. The van der Waals surface area contributed by atoms with E-state index in [2.05, 4.69) is 16.4 Å². The first-order chi connectivity index (χ1) is 11.7. The van der Waals surface area contributed by atoms with Gasteiger partial charge in [-0.05, 0) is 53.7 Å². The lowest BCUT2D eigenvalue weighted by Gasteiger charge is -2.00. The van der Waals surface area contributed by atoms with Crippen molar-refractivity contribution < 1.29 is 9.21 Å². The van der Waals surface area contributed by atoms with Crippen molar-refractivity contribution >= 4 is 45.4 Å². The highest BCUT2D eigenvalue weighted by Crippen LogP contribution is 2.29. The predicted molar refractivity (Wildman–Crippen MR) is 98.2 cm³/mol. The van der Waals surface area contributed by atoms with Crippen LogP contribution in [0.3, 0.4) is 0 Å². The SMILES string of the molecule is Cc1ccc(C=C2SC(=Nc3ccc4ccccc4c3)NC2=O)o1. The van der Waals surface area contributed by atoms with Crippen molar-refractivity contribution in [3.8, 4) is 0 Å². The van der Waals surface area contributed by atoms with Crippen LogP contribution in [0.4, 0.5) is 5.69 Å². The van der Waals surface area contributed by atoms with Gasteiger partial charge < -0.3 is 9.73 Å². The van der Waals surface area contributed by atoms with Crippen molar-refractivity contribution in [1.29, 1.82) is 0 Å². The highest BCUT2D eigenvalue weighted by atomic mass is 32.2. The lowest BCUT2D eigenvalue weighted by atomic mass is 10.1. The molecule has 1 N–H and O–H groups in total. The summed E-state index contributed by atoms with van der Waals surface area (Å²) >= 11 is 1.31. The molecule has 0 spiro atoms. The molecule has 24 heavy (non-hydrogen) atoms. The lowest BCUT2D eigenvalue weighted by molar-refractivity contribution is -0.115. The van der Waals surface area contributed by atoms with E-state index in [1.54, 1.807) is 6.08 Å². The molecule has 1 aliphatic rings. The summed E-state index contributed by atoms with van der Waals surface area (Å²) in [5.74, 6) is 1.32. The molecule has 0 atom stereocenters. The van der Waals surface area contributed by atoms with Gasteiger partial charge in [-0.25, -0.2) is 4.99 Å². The van der Waals surface area contributed by atoms with Crippen molar-refractivity contribution in [3.63, 3.8) is 0 Å². The number of rotatable bonds is 2. The van der Waals surface area contributed by atoms with Crippen LogP contribution in [0, 0.1) is 6.92 Å². The fraction of sp³-hybridized carbons (Fsp3) is 0.0526. The second-order valence-corrected chi connectivity index (χ2v) is 6.49. The summed E-state index contributed by atoms with van der Waals surface area (Å²) in [6, 6.07) is 17.8. The van der Waals surface area contributed by atoms with Crippen LogP contribution in [0.5, 0.6) is 0 Å². The monoisotopic (exact) mass is 334 g/mol. The van der Waals surface area contributed by atoms with Crippen LogP contribution in [-0.2, 0) is 4.79 Å². The van der Waals surface area contributed by atoms with E-state index in [1.807, 2.05) is 55.5 Å². The molecule has 0 saturated carbocycles. The van der Waals surface area contributed by atoms with Crippen LogP contribution in [0.25, 0.3) is 16.8 Å². The lowest BCUT2D eigenvalue weighted by Crippen LogP contribution is -2.19. The number of aryl methyl sites for hydroxylation is 1. The highest BCUT2D eigenvalue weighted by Gasteiger charge is 2.24. The number of hydrogen-bond acceptors (Lipinski definition) is 4. The normalized spacial score (nSPS) is 17.8. The average molecular weight is 334 g/mol. The van der Waals surface area contributed by atoms with E-state index in [-0.39, 0.29) is 5.91 Å². The van der Waals surface area contributed by atoms with E-state index in [9.17, 15) is 4.79 Å². The summed E-state index contributed by atoms with van der Waals surface area (Å²) in [5, 5.41) is 5.65. The van der Waals surface area contributed by atoms with Gasteiger partial charge >= 0.3 is 0 Å². The van der Waals surface area contributed by atoms with Gasteiger partial charge in [0.2, 0.25) is 0 Å². The molecule has 0 bridgehead atoms. The number of nitrogens with zero attached hydrogens (tertiary/aromatic N) is 1. The summed E-state index contributed by atoms with van der Waals surface area (Å²) in [4.78, 5) is 17.2. The molecule has 118 valence electrons. The Morgan fingerprint density at radius 1 is 1.08 bits per heavy atom. The smallest absolute Gasteiger partial charge is 0.264 e. The standard InChI is InChI=1S/C19H14N2O2S/c1-12-6-9-16(23-12)11-17-18(22)21-19(24-17)20-15-8-7-13-4-2-3-5-14(13)10-15/h2-11H,1H3,(H,20,21,22). The van der Waals surface area contributed by atoms with E-state index in [1.165, 1.54) is 17.1 Å². The van der Waals surface area contributed by atoms with E-state index < -0.39 is 0 Å². The Morgan fingerprint density at radius 3 is 2.71 bits per heavy atom. The van der Waals surface area contributed by atoms with Crippen LogP contribution >= 0.6 is 11.8 Å². The number of aliphatic imine (C=N–C) groups is 1. The van der Waals surface area contributed by atoms with Crippen molar-refractivity contribution in [2.45, 2.75) is 6.92 Å². The summed E-state index contributed by atoms with van der Waals surface area (Å²) in [7, 11) is 0. The minimum Gasteiger partial charge on any atom is -0.462 e. The predicted octanol–water partition coefficient (Wildman–Crippen LogP) is 4.63. The number of carbonyl (C=O) groups is 1. The fourth-order valence-electron chi connectivity index (χ4n) is 2.50. The van der Waals surface area contributed by atoms with E-state index in [0.717, 1.165) is 16.8 Å². The number of hydrogen-bond donors (Lipinski definition) is 1. The Hall–Kier alpha value is -2.79. The van der Waals surface area contributed by atoms with Gasteiger partial charge in [0.25, 0.3) is 5.91 Å². The number of furan rings is 1. The zero-order valence-electron chi connectivity index (χ0n) is 12.9. The van der Waals surface area contributed by atoms with Gasteiger partial charge in [-0.1, -0.05) is 30.3 Å². The minimum absolute atomic E-state index is 0.159. The van der Waals surface area contributed by atoms with Gasteiger partial charge in [0.1, 0.15) is 11.5 Å². The molecule has 5 heteroatoms. The first kappa shape index (κ1) is 14.8. The molecule has 1 aliphatic heterocycles. The number of nitrogens with one attached hydrogen (secondary N) is 1. The Balaban J connectivity index is 1.61. The Kier molecular flexibility index (Phi) is 3.70. The average Bonchev–Trinajstić information content (AvgIpc) is 3.13. The first-order valence-electron chi connectivity index (χ1n) is 7.52. The van der Waals surface area contributed by atoms with Crippen LogP contribution in [0.15, 0.2) is 68.9 Å². The van der Waals surface area contributed by atoms with Crippen LogP contribution < -0.4 is 5.32 Å². The molecule has 4 nitrogen and oxygen atoms in total. The number of carbonyl (C=O) groups excluding carboxylic acids is 1. The Morgan fingerprint density at radius 2 is 1.92 bits per heavy atom. The number of fused-ring (bicyclic) bond motifs is 1. The molecule has 1 saturated heterocycles. The molecule has 0 unspecified atom stereocenters. The third-order valence-corrected chi connectivity index (χ3v) is 4.56. The molecule has 4 rings (SSSR count). The Labute approximate surface area is 143 Å². The molecule has 0 aliphatic carbocycles. The van der Waals surface area contributed by atoms with Gasteiger partial charge in [0, 0.05) is 6.08 Å². The largest absolute Gasteiger partial charge is 0.462 e.